The maximum Gasteiger partial charge on any atom is 0.187 e. The first-order valence-electron chi connectivity index (χ1n) is 11.4. The number of aromatic nitrogens is 1. The van der Waals surface area contributed by atoms with Crippen LogP contribution in [0.4, 0.5) is 15.2 Å². The Bertz CT molecular complexity index is 1350. The number of ether oxygens (including phenoxy) is 1. The second kappa shape index (κ2) is 9.60. The van der Waals surface area contributed by atoms with Gasteiger partial charge in [0.15, 0.2) is 5.13 Å². The number of benzene rings is 3. The molecule has 1 fully saturated rings. The molecule has 1 saturated carbocycles. The van der Waals surface area contributed by atoms with Crippen LogP contribution in [-0.2, 0) is 4.79 Å². The average molecular weight is 489 g/mol. The molecule has 0 aliphatic heterocycles. The van der Waals surface area contributed by atoms with Crippen molar-refractivity contribution in [2.75, 3.05) is 12.4 Å². The normalized spacial score (nSPS) is 17.6. The number of anilines is 2. The number of halogens is 1. The lowest BCUT2D eigenvalue weighted by molar-refractivity contribution is -0.118. The van der Waals surface area contributed by atoms with Gasteiger partial charge in [0.25, 0.3) is 0 Å². The number of aliphatic hydroxyl groups excluding tert-OH is 1. The quantitative estimate of drug-likeness (QED) is 0.291. The van der Waals surface area contributed by atoms with Crippen LogP contribution in [0.1, 0.15) is 25.0 Å². The van der Waals surface area contributed by atoms with Gasteiger partial charge in [0.2, 0.25) is 0 Å². The van der Waals surface area contributed by atoms with E-state index in [1.54, 1.807) is 20.1 Å². The Morgan fingerprint density at radius 3 is 2.40 bits per heavy atom. The lowest BCUT2D eigenvalue weighted by Crippen LogP contribution is -2.05. The van der Waals surface area contributed by atoms with Crippen LogP contribution in [0, 0.1) is 17.7 Å². The molecule has 1 aromatic heterocycles. The minimum Gasteiger partial charge on any atom is -0.497 e. The van der Waals surface area contributed by atoms with Crippen LogP contribution in [-0.4, -0.2) is 23.0 Å². The zero-order valence-electron chi connectivity index (χ0n) is 19.4. The van der Waals surface area contributed by atoms with Gasteiger partial charge in [-0.2, -0.15) is 0 Å². The highest BCUT2D eigenvalue weighted by Gasteiger charge is 2.45. The van der Waals surface area contributed by atoms with Gasteiger partial charge in [-0.1, -0.05) is 30.3 Å². The summed E-state index contributed by atoms with van der Waals surface area (Å²) in [5.41, 5.74) is 4.47. The second-order valence-corrected chi connectivity index (χ2v) is 9.63. The highest BCUT2D eigenvalue weighted by atomic mass is 32.1. The summed E-state index contributed by atoms with van der Waals surface area (Å²) in [5.74, 6) is 0.487. The first kappa shape index (κ1) is 23.2. The van der Waals surface area contributed by atoms with Crippen molar-refractivity contribution in [3.05, 3.63) is 83.5 Å². The summed E-state index contributed by atoms with van der Waals surface area (Å²) in [6.45, 7) is 1.57. The molecule has 0 saturated heterocycles. The van der Waals surface area contributed by atoms with Crippen LogP contribution in [0.5, 0.6) is 5.75 Å². The van der Waals surface area contributed by atoms with E-state index in [9.17, 15) is 14.3 Å². The molecule has 5 rings (SSSR count). The van der Waals surface area contributed by atoms with Crippen LogP contribution in [0.25, 0.3) is 22.4 Å². The van der Waals surface area contributed by atoms with E-state index in [0.29, 0.717) is 10.8 Å². The van der Waals surface area contributed by atoms with Crippen LogP contribution < -0.4 is 10.1 Å². The number of aliphatic hydroxyl groups is 1. The molecule has 178 valence electrons. The van der Waals surface area contributed by atoms with E-state index in [1.807, 2.05) is 60.0 Å². The van der Waals surface area contributed by atoms with Gasteiger partial charge < -0.3 is 15.2 Å². The highest BCUT2D eigenvalue weighted by Crippen LogP contribution is 2.48. The Kier molecular flexibility index (Phi) is 6.36. The van der Waals surface area contributed by atoms with Crippen LogP contribution >= 0.6 is 11.3 Å². The Hall–Kier alpha value is -3.55. The van der Waals surface area contributed by atoms with Gasteiger partial charge in [0, 0.05) is 16.9 Å². The van der Waals surface area contributed by atoms with Crippen molar-refractivity contribution in [1.82, 2.24) is 4.98 Å². The SMILES string of the molecule is COc1ccc(-c2csc(Nc3ccc(-c4ccc(C(O)[C@H]5C[C@@H]5C(C)=O)cc4)cc3F)n2)cc1. The lowest BCUT2D eigenvalue weighted by Gasteiger charge is -2.12. The largest absolute Gasteiger partial charge is 0.497 e. The van der Waals surface area contributed by atoms with Gasteiger partial charge in [-0.3, -0.25) is 4.79 Å². The molecule has 0 bridgehead atoms. The van der Waals surface area contributed by atoms with E-state index in [4.69, 9.17) is 4.74 Å². The molecule has 0 amide bonds. The predicted octanol–water partition coefficient (Wildman–Crippen LogP) is 6.63. The summed E-state index contributed by atoms with van der Waals surface area (Å²) >= 11 is 1.41. The minimum absolute atomic E-state index is 0.00255. The summed E-state index contributed by atoms with van der Waals surface area (Å²) in [4.78, 5) is 16.1. The van der Waals surface area contributed by atoms with Gasteiger partial charge in [0.1, 0.15) is 17.3 Å². The van der Waals surface area contributed by atoms with E-state index < -0.39 is 6.10 Å². The zero-order valence-corrected chi connectivity index (χ0v) is 20.2. The van der Waals surface area contributed by atoms with Gasteiger partial charge >= 0.3 is 0 Å². The molecule has 3 aromatic carbocycles. The van der Waals surface area contributed by atoms with Crippen molar-refractivity contribution in [1.29, 1.82) is 0 Å². The number of nitrogens with one attached hydrogen (secondary N) is 1. The topological polar surface area (TPSA) is 71.4 Å². The average Bonchev–Trinajstić information content (AvgIpc) is 3.56. The molecular weight excluding hydrogens is 463 g/mol. The lowest BCUT2D eigenvalue weighted by atomic mass is 9.99. The molecule has 1 heterocycles. The van der Waals surface area contributed by atoms with Crippen molar-refractivity contribution >= 4 is 27.9 Å². The predicted molar refractivity (Wildman–Crippen MR) is 136 cm³/mol. The van der Waals surface area contributed by atoms with Crippen molar-refractivity contribution in [3.8, 4) is 28.1 Å². The number of ketones is 1. The van der Waals surface area contributed by atoms with Crippen LogP contribution in [0.3, 0.4) is 0 Å². The van der Waals surface area contributed by atoms with Crippen LogP contribution in [0.2, 0.25) is 0 Å². The zero-order chi connectivity index (χ0) is 24.5. The first-order valence-corrected chi connectivity index (χ1v) is 12.3. The van der Waals surface area contributed by atoms with Crippen molar-refractivity contribution in [3.63, 3.8) is 0 Å². The molecule has 4 aromatic rings. The first-order chi connectivity index (χ1) is 16.9. The van der Waals surface area contributed by atoms with Crippen LogP contribution in [0.15, 0.2) is 72.1 Å². The summed E-state index contributed by atoms with van der Waals surface area (Å²) in [5, 5.41) is 16.1. The van der Waals surface area contributed by atoms with E-state index in [-0.39, 0.29) is 23.4 Å². The fourth-order valence-electron chi connectivity index (χ4n) is 4.29. The fraction of sp³-hybridized carbons (Fsp3) is 0.214. The monoisotopic (exact) mass is 488 g/mol. The van der Waals surface area contributed by atoms with Crippen molar-refractivity contribution in [2.24, 2.45) is 11.8 Å². The second-order valence-electron chi connectivity index (χ2n) is 8.77. The summed E-state index contributed by atoms with van der Waals surface area (Å²) < 4.78 is 20.1. The number of thiazole rings is 1. The summed E-state index contributed by atoms with van der Waals surface area (Å²) in [7, 11) is 1.62. The smallest absolute Gasteiger partial charge is 0.187 e. The van der Waals surface area contributed by atoms with E-state index in [2.05, 4.69) is 10.3 Å². The maximum atomic E-state index is 14.9. The van der Waals surface area contributed by atoms with E-state index in [0.717, 1.165) is 40.1 Å². The molecule has 1 aliphatic carbocycles. The third-order valence-corrected chi connectivity index (χ3v) is 7.21. The highest BCUT2D eigenvalue weighted by molar-refractivity contribution is 7.14. The number of rotatable bonds is 8. The molecule has 1 aliphatic rings. The van der Waals surface area contributed by atoms with Crippen molar-refractivity contribution in [2.45, 2.75) is 19.4 Å². The van der Waals surface area contributed by atoms with Gasteiger partial charge in [-0.05, 0) is 72.4 Å². The molecule has 2 N–H and O–H groups in total. The Morgan fingerprint density at radius 1 is 1.09 bits per heavy atom. The molecule has 0 spiro atoms. The molecule has 0 radical (unpaired) electrons. The molecular formula is C28H25FN2O3S. The number of carbonyl (C=O) groups excluding carboxylic acids is 1. The summed E-state index contributed by atoms with van der Waals surface area (Å²) in [6.07, 6.45) is 0.0841. The molecule has 3 atom stereocenters. The minimum atomic E-state index is -0.651. The Morgan fingerprint density at radius 2 is 1.77 bits per heavy atom. The number of nitrogens with zero attached hydrogens (tertiary/aromatic N) is 1. The van der Waals surface area contributed by atoms with E-state index in [1.165, 1.54) is 17.4 Å². The molecule has 7 heteroatoms. The summed E-state index contributed by atoms with van der Waals surface area (Å²) in [6, 6.07) is 20.1. The van der Waals surface area contributed by atoms with Crippen molar-refractivity contribution < 1.29 is 19.0 Å². The Labute approximate surface area is 207 Å². The molecule has 1 unspecified atom stereocenters. The molecule has 5 nitrogen and oxygen atoms in total. The maximum absolute atomic E-state index is 14.9. The number of hydrogen-bond acceptors (Lipinski definition) is 6. The van der Waals surface area contributed by atoms with Gasteiger partial charge in [0.05, 0.1) is 24.6 Å². The van der Waals surface area contributed by atoms with Gasteiger partial charge in [-0.25, -0.2) is 9.37 Å². The standard InChI is InChI=1S/C28H25FN2O3S/c1-16(32)22-14-23(22)27(33)19-5-3-17(4-6-19)20-9-12-25(24(29)13-20)30-28-31-26(15-35-28)18-7-10-21(34-2)11-8-18/h3-13,15,22-23,27,33H,14H2,1-2H3,(H,30,31)/t22-,23+,27?/m1/s1. The fourth-order valence-corrected chi connectivity index (χ4v) is 5.02. The third kappa shape index (κ3) is 4.97. The number of methoxy groups -OCH3 is 1. The number of Topliss-reactive ketones (excluding diaryl/α,β-unsaturated/α-hetero) is 1. The number of hydrogen-bond donors (Lipinski definition) is 2. The Balaban J connectivity index is 1.27. The number of carbonyl (C=O) groups is 1. The third-order valence-electron chi connectivity index (χ3n) is 6.45. The van der Waals surface area contributed by atoms with Gasteiger partial charge in [-0.15, -0.1) is 11.3 Å². The van der Waals surface area contributed by atoms with E-state index >= 15 is 0 Å². The molecule has 35 heavy (non-hydrogen) atoms.